The van der Waals surface area contributed by atoms with Gasteiger partial charge >= 0.3 is 0 Å². The number of nitrogens with one attached hydrogen (secondary N) is 1. The standard InChI is InChI=1S/C16H22N6O2/c1-21(2)14-8-11(4-6-17-14)16(23)22(3)9-13-12(5-7-24-13)15-18-10-19-20-15/h4,6,8,10,12-13H,5,7,9H2,1-3H3,(H,18,19,20)/t12-,13-/m1/s1. The number of aromatic amines is 1. The average Bonchev–Trinajstić information content (AvgIpc) is 3.25. The van der Waals surface area contributed by atoms with Crippen LogP contribution in [-0.4, -0.2) is 71.4 Å². The predicted molar refractivity (Wildman–Crippen MR) is 89.0 cm³/mol. The Morgan fingerprint density at radius 2 is 2.21 bits per heavy atom. The molecule has 0 radical (unpaired) electrons. The SMILES string of the molecule is CN(C[C@H]1OCC[C@H]1c1ncn[nH]1)C(=O)c1ccnc(N(C)C)c1. The van der Waals surface area contributed by atoms with Crippen LogP contribution in [-0.2, 0) is 4.74 Å². The molecule has 128 valence electrons. The third kappa shape index (κ3) is 3.38. The quantitative estimate of drug-likeness (QED) is 0.877. The largest absolute Gasteiger partial charge is 0.376 e. The van der Waals surface area contributed by atoms with Gasteiger partial charge in [-0.15, -0.1) is 0 Å². The van der Waals surface area contributed by atoms with E-state index in [0.29, 0.717) is 18.7 Å². The molecule has 0 bridgehead atoms. The molecule has 1 fully saturated rings. The lowest BCUT2D eigenvalue weighted by Crippen LogP contribution is -2.36. The summed E-state index contributed by atoms with van der Waals surface area (Å²) in [6, 6.07) is 3.53. The van der Waals surface area contributed by atoms with E-state index in [1.54, 1.807) is 30.3 Å². The summed E-state index contributed by atoms with van der Waals surface area (Å²) in [5.41, 5.74) is 0.616. The third-order valence-corrected chi connectivity index (χ3v) is 4.25. The Labute approximate surface area is 140 Å². The molecule has 0 aliphatic carbocycles. The molecule has 8 nitrogen and oxygen atoms in total. The van der Waals surface area contributed by atoms with E-state index in [9.17, 15) is 4.79 Å². The number of ether oxygens (including phenoxy) is 1. The molecule has 8 heteroatoms. The Balaban J connectivity index is 1.69. The Kier molecular flexibility index (Phi) is 4.75. The number of rotatable bonds is 5. The van der Waals surface area contributed by atoms with Crippen molar-refractivity contribution >= 4 is 11.7 Å². The topological polar surface area (TPSA) is 87.2 Å². The molecule has 1 N–H and O–H groups in total. The highest BCUT2D eigenvalue weighted by atomic mass is 16.5. The van der Waals surface area contributed by atoms with Crippen LogP contribution in [0.1, 0.15) is 28.5 Å². The molecule has 2 atom stereocenters. The van der Waals surface area contributed by atoms with Crippen molar-refractivity contribution in [3.63, 3.8) is 0 Å². The first kappa shape index (κ1) is 16.4. The fourth-order valence-electron chi connectivity index (χ4n) is 2.90. The van der Waals surface area contributed by atoms with Gasteiger partial charge in [-0.25, -0.2) is 9.97 Å². The van der Waals surface area contributed by atoms with Gasteiger partial charge in [0.2, 0.25) is 0 Å². The maximum Gasteiger partial charge on any atom is 0.253 e. The van der Waals surface area contributed by atoms with Crippen LogP contribution in [0.3, 0.4) is 0 Å². The minimum atomic E-state index is -0.0814. The van der Waals surface area contributed by atoms with Crippen LogP contribution in [0.5, 0.6) is 0 Å². The maximum absolute atomic E-state index is 12.7. The van der Waals surface area contributed by atoms with Crippen molar-refractivity contribution < 1.29 is 9.53 Å². The van der Waals surface area contributed by atoms with Crippen molar-refractivity contribution in [1.29, 1.82) is 0 Å². The molecule has 1 saturated heterocycles. The van der Waals surface area contributed by atoms with E-state index in [-0.39, 0.29) is 17.9 Å². The van der Waals surface area contributed by atoms with E-state index in [4.69, 9.17) is 4.74 Å². The van der Waals surface area contributed by atoms with Crippen LogP contribution >= 0.6 is 0 Å². The van der Waals surface area contributed by atoms with Gasteiger partial charge < -0.3 is 14.5 Å². The van der Waals surface area contributed by atoms with Gasteiger partial charge in [0.1, 0.15) is 18.0 Å². The van der Waals surface area contributed by atoms with Crippen molar-refractivity contribution in [2.75, 3.05) is 39.2 Å². The second-order valence-electron chi connectivity index (χ2n) is 6.16. The average molecular weight is 330 g/mol. The number of pyridine rings is 1. The number of aromatic nitrogens is 4. The van der Waals surface area contributed by atoms with E-state index in [0.717, 1.165) is 18.1 Å². The number of carbonyl (C=O) groups is 1. The molecule has 0 aromatic carbocycles. The van der Waals surface area contributed by atoms with Gasteiger partial charge in [-0.3, -0.25) is 9.89 Å². The zero-order valence-electron chi connectivity index (χ0n) is 14.1. The number of likely N-dealkylation sites (N-methyl/N-ethyl adjacent to an activating group) is 1. The summed E-state index contributed by atoms with van der Waals surface area (Å²) in [4.78, 5) is 24.7. The van der Waals surface area contributed by atoms with E-state index in [2.05, 4.69) is 20.2 Å². The van der Waals surface area contributed by atoms with Gasteiger partial charge in [0.25, 0.3) is 5.91 Å². The molecule has 1 amide bonds. The Bertz CT molecular complexity index is 688. The number of amides is 1. The Hall–Kier alpha value is -2.48. The van der Waals surface area contributed by atoms with Crippen molar-refractivity contribution in [3.05, 3.63) is 36.0 Å². The highest BCUT2D eigenvalue weighted by Gasteiger charge is 2.33. The predicted octanol–water partition coefficient (Wildman–Crippen LogP) is 0.910. The van der Waals surface area contributed by atoms with Crippen molar-refractivity contribution in [3.8, 4) is 0 Å². The summed E-state index contributed by atoms with van der Waals surface area (Å²) >= 11 is 0. The van der Waals surface area contributed by atoms with E-state index >= 15 is 0 Å². The first-order valence-corrected chi connectivity index (χ1v) is 7.92. The fraction of sp³-hybridized carbons (Fsp3) is 0.500. The Morgan fingerprint density at radius 1 is 1.38 bits per heavy atom. The maximum atomic E-state index is 12.7. The number of H-pyrrole nitrogens is 1. The first-order chi connectivity index (χ1) is 11.6. The zero-order chi connectivity index (χ0) is 17.1. The number of hydrogen-bond acceptors (Lipinski definition) is 6. The minimum absolute atomic E-state index is 0.0488. The highest BCUT2D eigenvalue weighted by Crippen LogP contribution is 2.29. The zero-order valence-corrected chi connectivity index (χ0v) is 14.1. The second-order valence-corrected chi connectivity index (χ2v) is 6.16. The lowest BCUT2D eigenvalue weighted by Gasteiger charge is -2.24. The summed E-state index contributed by atoms with van der Waals surface area (Å²) in [6.07, 6.45) is 3.95. The van der Waals surface area contributed by atoms with Crippen molar-refractivity contribution in [2.24, 2.45) is 0 Å². The number of hydrogen-bond donors (Lipinski definition) is 1. The minimum Gasteiger partial charge on any atom is -0.376 e. The van der Waals surface area contributed by atoms with Crippen LogP contribution in [0.2, 0.25) is 0 Å². The van der Waals surface area contributed by atoms with Gasteiger partial charge in [-0.1, -0.05) is 0 Å². The van der Waals surface area contributed by atoms with E-state index in [1.165, 1.54) is 6.33 Å². The first-order valence-electron chi connectivity index (χ1n) is 7.92. The smallest absolute Gasteiger partial charge is 0.253 e. The van der Waals surface area contributed by atoms with Crippen molar-refractivity contribution in [1.82, 2.24) is 25.1 Å². The van der Waals surface area contributed by atoms with Gasteiger partial charge in [0, 0.05) is 52.0 Å². The number of carbonyl (C=O) groups excluding carboxylic acids is 1. The molecule has 2 aromatic heterocycles. The van der Waals surface area contributed by atoms with Crippen LogP contribution in [0.25, 0.3) is 0 Å². The van der Waals surface area contributed by atoms with Gasteiger partial charge in [0.05, 0.1) is 6.10 Å². The van der Waals surface area contributed by atoms with Crippen molar-refractivity contribution in [2.45, 2.75) is 18.4 Å². The second kappa shape index (κ2) is 6.96. The molecule has 0 saturated carbocycles. The lowest BCUT2D eigenvalue weighted by molar-refractivity contribution is 0.0550. The summed E-state index contributed by atoms with van der Waals surface area (Å²) in [7, 11) is 5.58. The van der Waals surface area contributed by atoms with Gasteiger partial charge in [-0.2, -0.15) is 5.10 Å². The summed E-state index contributed by atoms with van der Waals surface area (Å²) < 4.78 is 5.81. The summed E-state index contributed by atoms with van der Waals surface area (Å²) in [5, 5.41) is 6.81. The molecule has 1 aliphatic heterocycles. The molecular formula is C16H22N6O2. The molecule has 2 aromatic rings. The molecule has 0 unspecified atom stereocenters. The molecule has 3 heterocycles. The van der Waals surface area contributed by atoms with Crippen LogP contribution in [0.4, 0.5) is 5.82 Å². The fourth-order valence-corrected chi connectivity index (χ4v) is 2.90. The lowest BCUT2D eigenvalue weighted by atomic mass is 10.0. The number of nitrogens with zero attached hydrogens (tertiary/aromatic N) is 5. The summed E-state index contributed by atoms with van der Waals surface area (Å²) in [5.74, 6) is 1.66. The molecule has 0 spiro atoms. The van der Waals surface area contributed by atoms with Crippen LogP contribution < -0.4 is 4.90 Å². The van der Waals surface area contributed by atoms with E-state index < -0.39 is 0 Å². The van der Waals surface area contributed by atoms with Crippen LogP contribution in [0.15, 0.2) is 24.7 Å². The van der Waals surface area contributed by atoms with Gasteiger partial charge in [-0.05, 0) is 18.6 Å². The highest BCUT2D eigenvalue weighted by molar-refractivity contribution is 5.94. The van der Waals surface area contributed by atoms with E-state index in [1.807, 2.05) is 19.0 Å². The summed E-state index contributed by atoms with van der Waals surface area (Å²) in [6.45, 7) is 1.17. The molecule has 1 aliphatic rings. The molecule has 24 heavy (non-hydrogen) atoms. The van der Waals surface area contributed by atoms with Crippen LogP contribution in [0, 0.1) is 0 Å². The van der Waals surface area contributed by atoms with Gasteiger partial charge in [0.15, 0.2) is 0 Å². The number of anilines is 1. The molecular weight excluding hydrogens is 308 g/mol. The molecule has 3 rings (SSSR count). The normalized spacial score (nSPS) is 20.1. The monoisotopic (exact) mass is 330 g/mol. The third-order valence-electron chi connectivity index (χ3n) is 4.25. The Morgan fingerprint density at radius 3 is 2.92 bits per heavy atom.